The molecule has 0 unspecified atom stereocenters. The largest absolute Gasteiger partial charge is 0.451 e. The Balaban J connectivity index is 1.51. The molecule has 1 aliphatic rings. The molecule has 1 aliphatic heterocycles. The number of piperazine rings is 1. The molecule has 6 nitrogen and oxygen atoms in total. The van der Waals surface area contributed by atoms with Gasteiger partial charge in [-0.15, -0.1) is 11.3 Å². The van der Waals surface area contributed by atoms with Crippen molar-refractivity contribution in [3.8, 4) is 0 Å². The van der Waals surface area contributed by atoms with Gasteiger partial charge in [0.15, 0.2) is 5.76 Å². The summed E-state index contributed by atoms with van der Waals surface area (Å²) < 4.78 is 32.7. The van der Waals surface area contributed by atoms with Gasteiger partial charge in [-0.3, -0.25) is 4.79 Å². The summed E-state index contributed by atoms with van der Waals surface area (Å²) in [6.07, 6.45) is 0. The first-order valence-corrected chi connectivity index (χ1v) is 10.6. The molecule has 1 amide bonds. The van der Waals surface area contributed by atoms with Crippen molar-refractivity contribution < 1.29 is 17.6 Å². The first-order valence-electron chi connectivity index (χ1n) is 8.29. The molecule has 0 bridgehead atoms. The summed E-state index contributed by atoms with van der Waals surface area (Å²) in [5.41, 5.74) is 1.51. The van der Waals surface area contributed by atoms with Crippen molar-refractivity contribution in [2.45, 2.75) is 11.1 Å². The lowest BCUT2D eigenvalue weighted by molar-refractivity contribution is 0.0667. The van der Waals surface area contributed by atoms with Gasteiger partial charge in [0.1, 0.15) is 9.79 Å². The quantitative estimate of drug-likeness (QED) is 0.689. The number of benzene rings is 1. The van der Waals surface area contributed by atoms with Gasteiger partial charge >= 0.3 is 0 Å². The Morgan fingerprint density at radius 1 is 1.08 bits per heavy atom. The summed E-state index contributed by atoms with van der Waals surface area (Å²) in [6.45, 7) is 3.13. The molecule has 4 rings (SSSR count). The lowest BCUT2D eigenvalue weighted by Crippen LogP contribution is -2.50. The van der Waals surface area contributed by atoms with Crippen molar-refractivity contribution in [1.29, 1.82) is 0 Å². The minimum Gasteiger partial charge on any atom is -0.451 e. The number of amides is 1. The number of sulfonamides is 1. The number of para-hydroxylation sites is 1. The Bertz CT molecular complexity index is 1050. The minimum atomic E-state index is -3.47. The first-order chi connectivity index (χ1) is 12.5. The summed E-state index contributed by atoms with van der Waals surface area (Å²) in [5, 5.41) is 2.67. The second-order valence-corrected chi connectivity index (χ2v) is 9.29. The molecular formula is C18H18N2O4S2. The van der Waals surface area contributed by atoms with E-state index in [4.69, 9.17) is 4.42 Å². The van der Waals surface area contributed by atoms with E-state index < -0.39 is 10.0 Å². The molecule has 0 radical (unpaired) electrons. The van der Waals surface area contributed by atoms with Crippen LogP contribution in [0.15, 0.2) is 50.4 Å². The molecule has 1 aromatic carbocycles. The minimum absolute atomic E-state index is 0.188. The molecule has 0 aliphatic carbocycles. The Morgan fingerprint density at radius 3 is 2.46 bits per heavy atom. The van der Waals surface area contributed by atoms with Crippen molar-refractivity contribution in [1.82, 2.24) is 9.21 Å². The second-order valence-electron chi connectivity index (χ2n) is 6.18. The number of carbonyl (C=O) groups excluding carboxylic acids is 1. The summed E-state index contributed by atoms with van der Waals surface area (Å²) in [5.74, 6) is 0.146. The van der Waals surface area contributed by atoms with Crippen LogP contribution in [0.5, 0.6) is 0 Å². The predicted molar refractivity (Wildman–Crippen MR) is 99.9 cm³/mol. The number of hydrogen-bond acceptors (Lipinski definition) is 5. The highest BCUT2D eigenvalue weighted by molar-refractivity contribution is 7.91. The molecule has 0 N–H and O–H groups in total. The second kappa shape index (κ2) is 6.53. The van der Waals surface area contributed by atoms with Crippen molar-refractivity contribution in [3.05, 3.63) is 53.1 Å². The number of rotatable bonds is 3. The topological polar surface area (TPSA) is 70.8 Å². The van der Waals surface area contributed by atoms with E-state index in [1.54, 1.807) is 22.4 Å². The van der Waals surface area contributed by atoms with Gasteiger partial charge in [-0.1, -0.05) is 24.3 Å². The number of thiophene rings is 1. The van der Waals surface area contributed by atoms with Gasteiger partial charge in [0.2, 0.25) is 0 Å². The van der Waals surface area contributed by atoms with Crippen molar-refractivity contribution in [2.75, 3.05) is 26.2 Å². The van der Waals surface area contributed by atoms with Gasteiger partial charge in [-0.25, -0.2) is 8.42 Å². The maximum absolute atomic E-state index is 12.8. The third-order valence-corrected chi connectivity index (χ3v) is 7.92. The molecule has 0 spiro atoms. The molecule has 0 atom stereocenters. The molecule has 2 aromatic heterocycles. The van der Waals surface area contributed by atoms with Gasteiger partial charge in [0.05, 0.1) is 0 Å². The highest BCUT2D eigenvalue weighted by Gasteiger charge is 2.32. The maximum Gasteiger partial charge on any atom is 0.289 e. The standard InChI is InChI=1S/C18H18N2O4S2/c1-13-14-5-2-3-6-15(14)24-17(13)18(21)19-8-10-20(11-9-19)26(22,23)16-7-4-12-25-16/h2-7,12H,8-11H2,1H3. The molecule has 136 valence electrons. The van der Waals surface area contributed by atoms with E-state index in [1.165, 1.54) is 15.6 Å². The Hall–Kier alpha value is -2.16. The summed E-state index contributed by atoms with van der Waals surface area (Å²) in [4.78, 5) is 14.5. The highest BCUT2D eigenvalue weighted by atomic mass is 32.2. The fourth-order valence-electron chi connectivity index (χ4n) is 3.19. The SMILES string of the molecule is Cc1c(C(=O)N2CCN(S(=O)(=O)c3cccs3)CC2)oc2ccccc12. The molecule has 3 heterocycles. The Labute approximate surface area is 155 Å². The van der Waals surface area contributed by atoms with Crippen LogP contribution in [-0.2, 0) is 10.0 Å². The van der Waals surface area contributed by atoms with Crippen molar-refractivity contribution >= 4 is 38.2 Å². The van der Waals surface area contributed by atoms with Crippen LogP contribution in [0.4, 0.5) is 0 Å². The van der Waals surface area contributed by atoms with Crippen LogP contribution >= 0.6 is 11.3 Å². The average molecular weight is 390 g/mol. The van der Waals surface area contributed by atoms with E-state index in [2.05, 4.69) is 0 Å². The predicted octanol–water partition coefficient (Wildman–Crippen LogP) is 2.95. The average Bonchev–Trinajstić information content (AvgIpc) is 3.31. The molecular weight excluding hydrogens is 372 g/mol. The third-order valence-electron chi connectivity index (χ3n) is 4.65. The van der Waals surface area contributed by atoms with E-state index in [0.29, 0.717) is 28.6 Å². The van der Waals surface area contributed by atoms with E-state index in [-0.39, 0.29) is 19.0 Å². The van der Waals surface area contributed by atoms with Crippen LogP contribution in [-0.4, -0.2) is 49.7 Å². The van der Waals surface area contributed by atoms with E-state index >= 15 is 0 Å². The number of hydrogen-bond donors (Lipinski definition) is 0. The van der Waals surface area contributed by atoms with Crippen LogP contribution in [0.2, 0.25) is 0 Å². The smallest absolute Gasteiger partial charge is 0.289 e. The first kappa shape index (κ1) is 17.3. The Kier molecular flexibility index (Phi) is 4.34. The third kappa shape index (κ3) is 2.84. The van der Waals surface area contributed by atoms with Crippen molar-refractivity contribution in [2.24, 2.45) is 0 Å². The zero-order chi connectivity index (χ0) is 18.3. The van der Waals surface area contributed by atoms with E-state index in [1.807, 2.05) is 31.2 Å². The summed E-state index contributed by atoms with van der Waals surface area (Å²) in [6, 6.07) is 10.9. The zero-order valence-corrected chi connectivity index (χ0v) is 15.8. The molecule has 1 fully saturated rings. The normalized spacial score (nSPS) is 16.3. The molecule has 26 heavy (non-hydrogen) atoms. The monoisotopic (exact) mass is 390 g/mol. The van der Waals surface area contributed by atoms with E-state index in [0.717, 1.165) is 10.9 Å². The van der Waals surface area contributed by atoms with Crippen molar-refractivity contribution in [3.63, 3.8) is 0 Å². The van der Waals surface area contributed by atoms with Gasteiger partial charge in [-0.2, -0.15) is 4.31 Å². The van der Waals surface area contributed by atoms with E-state index in [9.17, 15) is 13.2 Å². The number of aryl methyl sites for hydroxylation is 1. The number of carbonyl (C=O) groups is 1. The zero-order valence-electron chi connectivity index (χ0n) is 14.2. The van der Waals surface area contributed by atoms with Crippen LogP contribution in [0.1, 0.15) is 16.1 Å². The van der Waals surface area contributed by atoms with Gasteiger partial charge in [0.25, 0.3) is 15.9 Å². The lowest BCUT2D eigenvalue weighted by atomic mass is 10.1. The molecule has 0 saturated carbocycles. The fourth-order valence-corrected chi connectivity index (χ4v) is 5.76. The highest BCUT2D eigenvalue weighted by Crippen LogP contribution is 2.27. The molecule has 8 heteroatoms. The van der Waals surface area contributed by atoms with Gasteiger partial charge in [-0.05, 0) is 24.4 Å². The Morgan fingerprint density at radius 2 is 1.81 bits per heavy atom. The lowest BCUT2D eigenvalue weighted by Gasteiger charge is -2.33. The maximum atomic E-state index is 12.8. The van der Waals surface area contributed by atoms with Crippen LogP contribution in [0, 0.1) is 6.92 Å². The van der Waals surface area contributed by atoms with Gasteiger partial charge in [0, 0.05) is 37.1 Å². The number of fused-ring (bicyclic) bond motifs is 1. The van der Waals surface area contributed by atoms with Gasteiger partial charge < -0.3 is 9.32 Å². The van der Waals surface area contributed by atoms with Crippen LogP contribution in [0.25, 0.3) is 11.0 Å². The number of nitrogens with zero attached hydrogens (tertiary/aromatic N) is 2. The molecule has 3 aromatic rings. The van der Waals surface area contributed by atoms with Crippen LogP contribution < -0.4 is 0 Å². The summed E-state index contributed by atoms with van der Waals surface area (Å²) >= 11 is 1.21. The van der Waals surface area contributed by atoms with Crippen LogP contribution in [0.3, 0.4) is 0 Å². The number of furan rings is 1. The summed E-state index contributed by atoms with van der Waals surface area (Å²) in [7, 11) is -3.47. The fraction of sp³-hybridized carbons (Fsp3) is 0.278. The molecule has 1 saturated heterocycles.